The van der Waals surface area contributed by atoms with Gasteiger partial charge in [-0.1, -0.05) is 53.5 Å². The van der Waals surface area contributed by atoms with Gasteiger partial charge in [-0.2, -0.15) is 5.26 Å². The lowest BCUT2D eigenvalue weighted by Crippen LogP contribution is -2.26. The third-order valence-corrected chi connectivity index (χ3v) is 6.63. The van der Waals surface area contributed by atoms with Crippen LogP contribution in [0, 0.1) is 14.9 Å². The molecule has 0 aliphatic rings. The van der Waals surface area contributed by atoms with E-state index in [0.29, 0.717) is 40.9 Å². The normalized spacial score (nSPS) is 11.3. The molecule has 4 rings (SSSR count). The molecule has 0 aliphatic heterocycles. The average Bonchev–Trinajstić information content (AvgIpc) is 3.26. The minimum Gasteiger partial charge on any atom is -0.486 e. The standard InChI is InChI=1S/C27H20Cl2IN3O2/c28-23-12-18(13-24(29)26(23)35-16-17-5-7-21(30)8-6-17)11-20(14-31)27(34)32-10-9-19-15-33-25-4-2-1-3-22(19)25/h1-8,11-13,15,33H,9-10,16H2,(H,32,34)/b20-11-. The number of aromatic nitrogens is 1. The zero-order chi connectivity index (χ0) is 24.8. The van der Waals surface area contributed by atoms with E-state index in [1.54, 1.807) is 12.1 Å². The van der Waals surface area contributed by atoms with Crippen LogP contribution in [0.5, 0.6) is 5.75 Å². The minimum absolute atomic E-state index is 0.0383. The number of halogens is 3. The summed E-state index contributed by atoms with van der Waals surface area (Å²) in [7, 11) is 0. The van der Waals surface area contributed by atoms with Crippen molar-refractivity contribution in [2.75, 3.05) is 6.54 Å². The fraction of sp³-hybridized carbons (Fsp3) is 0.111. The van der Waals surface area contributed by atoms with Crippen LogP contribution in [0.1, 0.15) is 16.7 Å². The molecule has 0 aliphatic carbocycles. The monoisotopic (exact) mass is 615 g/mol. The number of carbonyl (C=O) groups excluding carboxylic acids is 1. The third-order valence-electron chi connectivity index (χ3n) is 5.35. The van der Waals surface area contributed by atoms with Crippen molar-refractivity contribution in [2.24, 2.45) is 0 Å². The Bertz CT molecular complexity index is 1420. The number of H-pyrrole nitrogens is 1. The number of hydrogen-bond acceptors (Lipinski definition) is 3. The number of carbonyl (C=O) groups is 1. The van der Waals surface area contributed by atoms with Gasteiger partial charge >= 0.3 is 0 Å². The van der Waals surface area contributed by atoms with Crippen LogP contribution in [0.3, 0.4) is 0 Å². The van der Waals surface area contributed by atoms with Crippen molar-refractivity contribution in [2.45, 2.75) is 13.0 Å². The van der Waals surface area contributed by atoms with Crippen molar-refractivity contribution in [3.05, 3.63) is 103 Å². The number of fused-ring (bicyclic) bond motifs is 1. The summed E-state index contributed by atoms with van der Waals surface area (Å²) in [5.74, 6) is -0.107. The van der Waals surface area contributed by atoms with E-state index >= 15 is 0 Å². The molecule has 0 fully saturated rings. The zero-order valence-electron chi connectivity index (χ0n) is 18.4. The molecule has 0 atom stereocenters. The van der Waals surface area contributed by atoms with E-state index < -0.39 is 5.91 Å². The van der Waals surface area contributed by atoms with Crippen molar-refractivity contribution in [1.29, 1.82) is 5.26 Å². The van der Waals surface area contributed by atoms with Gasteiger partial charge in [-0.05, 0) is 82.1 Å². The van der Waals surface area contributed by atoms with Gasteiger partial charge in [-0.3, -0.25) is 4.79 Å². The van der Waals surface area contributed by atoms with Crippen LogP contribution in [-0.4, -0.2) is 17.4 Å². The van der Waals surface area contributed by atoms with Crippen LogP contribution in [0.2, 0.25) is 10.0 Å². The van der Waals surface area contributed by atoms with Gasteiger partial charge in [0.1, 0.15) is 18.2 Å². The number of amides is 1. The molecule has 5 nitrogen and oxygen atoms in total. The summed E-state index contributed by atoms with van der Waals surface area (Å²) in [6.07, 6.45) is 4.03. The largest absolute Gasteiger partial charge is 0.486 e. The molecule has 0 saturated heterocycles. The summed E-state index contributed by atoms with van der Waals surface area (Å²) in [6, 6.07) is 21.1. The third kappa shape index (κ3) is 6.37. The molecule has 0 unspecified atom stereocenters. The number of rotatable bonds is 8. The Kier molecular flexibility index (Phi) is 8.34. The molecule has 1 heterocycles. The van der Waals surface area contributed by atoms with Crippen molar-refractivity contribution >= 4 is 68.7 Å². The highest BCUT2D eigenvalue weighted by Crippen LogP contribution is 2.35. The summed E-state index contributed by atoms with van der Waals surface area (Å²) < 4.78 is 6.95. The van der Waals surface area contributed by atoms with Crippen LogP contribution in [0.15, 0.2) is 72.4 Å². The lowest BCUT2D eigenvalue weighted by atomic mass is 10.1. The van der Waals surface area contributed by atoms with Crippen molar-refractivity contribution in [1.82, 2.24) is 10.3 Å². The summed E-state index contributed by atoms with van der Waals surface area (Å²) in [6.45, 7) is 0.709. The highest BCUT2D eigenvalue weighted by molar-refractivity contribution is 14.1. The van der Waals surface area contributed by atoms with Crippen LogP contribution >= 0.6 is 45.8 Å². The average molecular weight is 616 g/mol. The number of benzene rings is 3. The zero-order valence-corrected chi connectivity index (χ0v) is 22.1. The fourth-order valence-electron chi connectivity index (χ4n) is 3.60. The number of hydrogen-bond donors (Lipinski definition) is 2. The Balaban J connectivity index is 1.40. The van der Waals surface area contributed by atoms with E-state index in [9.17, 15) is 10.1 Å². The van der Waals surface area contributed by atoms with E-state index in [1.807, 2.05) is 60.8 Å². The van der Waals surface area contributed by atoms with Crippen LogP contribution in [0.4, 0.5) is 0 Å². The van der Waals surface area contributed by atoms with E-state index in [2.05, 4.69) is 32.9 Å². The fourth-order valence-corrected chi connectivity index (χ4v) is 4.57. The van der Waals surface area contributed by atoms with Gasteiger partial charge in [0.05, 0.1) is 10.0 Å². The van der Waals surface area contributed by atoms with E-state index in [1.165, 1.54) is 6.08 Å². The SMILES string of the molecule is N#C/C(=C/c1cc(Cl)c(OCc2ccc(I)cc2)c(Cl)c1)C(=O)NCCc1c[nH]c2ccccc12. The van der Waals surface area contributed by atoms with Crippen molar-refractivity contribution < 1.29 is 9.53 Å². The second-order valence-corrected chi connectivity index (χ2v) is 9.82. The van der Waals surface area contributed by atoms with E-state index in [0.717, 1.165) is 25.6 Å². The molecule has 0 radical (unpaired) electrons. The number of ether oxygens (including phenoxy) is 1. The maximum atomic E-state index is 12.6. The van der Waals surface area contributed by atoms with E-state index in [4.69, 9.17) is 27.9 Å². The molecule has 8 heteroatoms. The summed E-state index contributed by atoms with van der Waals surface area (Å²) in [5.41, 5.74) is 3.63. The molecule has 1 amide bonds. The Morgan fingerprint density at radius 3 is 2.54 bits per heavy atom. The summed E-state index contributed by atoms with van der Waals surface area (Å²) >= 11 is 15.0. The second-order valence-electron chi connectivity index (χ2n) is 7.76. The first-order valence-corrected chi connectivity index (χ1v) is 12.6. The summed E-state index contributed by atoms with van der Waals surface area (Å²) in [4.78, 5) is 15.8. The number of nitrogens with one attached hydrogen (secondary N) is 2. The second kappa shape index (κ2) is 11.6. The van der Waals surface area contributed by atoms with Gasteiger partial charge in [0.2, 0.25) is 0 Å². The number of para-hydroxylation sites is 1. The molecule has 35 heavy (non-hydrogen) atoms. The minimum atomic E-state index is -0.460. The Hall–Kier alpha value is -2.99. The molecule has 176 valence electrons. The van der Waals surface area contributed by atoms with E-state index in [-0.39, 0.29) is 5.57 Å². The lowest BCUT2D eigenvalue weighted by Gasteiger charge is -2.11. The van der Waals surface area contributed by atoms with Crippen LogP contribution in [-0.2, 0) is 17.8 Å². The topological polar surface area (TPSA) is 77.9 Å². The molecule has 4 aromatic rings. The molecule has 0 saturated carbocycles. The Morgan fingerprint density at radius 1 is 1.11 bits per heavy atom. The maximum Gasteiger partial charge on any atom is 0.261 e. The molecule has 2 N–H and O–H groups in total. The molecular formula is C27H20Cl2IN3O2. The van der Waals surface area contributed by atoms with Gasteiger partial charge < -0.3 is 15.0 Å². The predicted molar refractivity (Wildman–Crippen MR) is 149 cm³/mol. The van der Waals surface area contributed by atoms with Gasteiger partial charge in [0.25, 0.3) is 5.91 Å². The first-order chi connectivity index (χ1) is 16.9. The smallest absolute Gasteiger partial charge is 0.261 e. The highest BCUT2D eigenvalue weighted by atomic mass is 127. The number of nitriles is 1. The lowest BCUT2D eigenvalue weighted by molar-refractivity contribution is -0.117. The van der Waals surface area contributed by atoms with Crippen molar-refractivity contribution in [3.8, 4) is 11.8 Å². The predicted octanol–water partition coefficient (Wildman–Crippen LogP) is 6.92. The molecular weight excluding hydrogens is 596 g/mol. The van der Waals surface area contributed by atoms with Crippen LogP contribution < -0.4 is 10.1 Å². The van der Waals surface area contributed by atoms with Gasteiger partial charge in [-0.25, -0.2) is 0 Å². The maximum absolute atomic E-state index is 12.6. The molecule has 3 aromatic carbocycles. The first kappa shape index (κ1) is 25.1. The number of aromatic amines is 1. The number of nitrogens with zero attached hydrogens (tertiary/aromatic N) is 1. The van der Waals surface area contributed by atoms with Gasteiger partial charge in [0, 0.05) is 27.2 Å². The molecule has 1 aromatic heterocycles. The van der Waals surface area contributed by atoms with Gasteiger partial charge in [0.15, 0.2) is 5.75 Å². The first-order valence-electron chi connectivity index (χ1n) is 10.8. The van der Waals surface area contributed by atoms with Crippen molar-refractivity contribution in [3.63, 3.8) is 0 Å². The van der Waals surface area contributed by atoms with Crippen LogP contribution in [0.25, 0.3) is 17.0 Å². The quantitative estimate of drug-likeness (QED) is 0.128. The Labute approximate surface area is 226 Å². The Morgan fingerprint density at radius 2 is 1.83 bits per heavy atom. The summed E-state index contributed by atoms with van der Waals surface area (Å²) in [5, 5.41) is 14.0. The van der Waals surface area contributed by atoms with Gasteiger partial charge in [-0.15, -0.1) is 0 Å². The highest BCUT2D eigenvalue weighted by Gasteiger charge is 2.13. The molecule has 0 bridgehead atoms. The molecule has 0 spiro atoms.